The summed E-state index contributed by atoms with van der Waals surface area (Å²) in [6.07, 6.45) is -4.07. The number of hydrogen-bond donors (Lipinski definition) is 0. The number of ether oxygens (including phenoxy) is 1. The molecule has 0 N–H and O–H groups in total. The van der Waals surface area contributed by atoms with Gasteiger partial charge in [0.25, 0.3) is 0 Å². The van der Waals surface area contributed by atoms with E-state index in [9.17, 15) is 18.0 Å². The van der Waals surface area contributed by atoms with Gasteiger partial charge in [-0.15, -0.1) is 0 Å². The van der Waals surface area contributed by atoms with Crippen molar-refractivity contribution in [1.29, 1.82) is 0 Å². The van der Waals surface area contributed by atoms with Crippen molar-refractivity contribution in [2.45, 2.75) is 33.6 Å². The normalized spacial score (nSPS) is 12.4. The molecule has 0 heterocycles. The Morgan fingerprint density at radius 1 is 0.917 bits per heavy atom. The van der Waals surface area contributed by atoms with Crippen molar-refractivity contribution in [2.24, 2.45) is 15.5 Å². The van der Waals surface area contributed by atoms with Crippen LogP contribution in [0, 0.1) is 6.92 Å². The quantitative estimate of drug-likeness (QED) is 0.265. The van der Waals surface area contributed by atoms with Crippen molar-refractivity contribution >= 4 is 23.4 Å². The summed E-state index contributed by atoms with van der Waals surface area (Å²) < 4.78 is 45.4. The minimum Gasteiger partial charge on any atom is -0.399 e. The number of benzene rings is 2. The molecule has 0 aliphatic heterocycles. The molecular weight excluding hydrogens is 479 g/mol. The monoisotopic (exact) mass is 509 g/mol. The molecule has 196 valence electrons. The summed E-state index contributed by atoms with van der Waals surface area (Å²) in [5, 5.41) is 11.3. The average molecular weight is 510 g/mol. The number of nitrogens with zero attached hydrogens (tertiary/aromatic N) is 3. The molecule has 0 saturated carbocycles. The molecule has 11 heteroatoms. The lowest BCUT2D eigenvalue weighted by atomic mass is 9.98. The van der Waals surface area contributed by atoms with Gasteiger partial charge >= 0.3 is 6.18 Å². The zero-order chi connectivity index (χ0) is 27.3. The maximum Gasteiger partial charge on any atom is 0.417 e. The van der Waals surface area contributed by atoms with E-state index >= 15 is 0 Å². The van der Waals surface area contributed by atoms with E-state index in [1.807, 2.05) is 0 Å². The van der Waals surface area contributed by atoms with Crippen molar-refractivity contribution in [1.82, 2.24) is 0 Å². The fraction of sp³-hybridized carbons (Fsp3) is 0.360. The Bertz CT molecular complexity index is 1110. The second kappa shape index (κ2) is 14.6. The van der Waals surface area contributed by atoms with Gasteiger partial charge in [0.2, 0.25) is 0 Å². The van der Waals surface area contributed by atoms with E-state index in [4.69, 9.17) is 9.68 Å². The molecule has 0 atom stereocenters. The van der Waals surface area contributed by atoms with Crippen molar-refractivity contribution in [3.8, 4) is 0 Å². The van der Waals surface area contributed by atoms with Gasteiger partial charge in [-0.1, -0.05) is 45.8 Å². The minimum atomic E-state index is -4.62. The molecule has 0 radical (unpaired) electrons. The number of carbonyl (C=O) groups excluding carboxylic acids is 1. The first-order valence-corrected chi connectivity index (χ1v) is 10.6. The van der Waals surface area contributed by atoms with Crippen LogP contribution < -0.4 is 0 Å². The van der Waals surface area contributed by atoms with Gasteiger partial charge in [-0.05, 0) is 38.0 Å². The third-order valence-electron chi connectivity index (χ3n) is 4.76. The van der Waals surface area contributed by atoms with Crippen LogP contribution in [0.5, 0.6) is 0 Å². The fourth-order valence-electron chi connectivity index (χ4n) is 3.12. The van der Waals surface area contributed by atoms with E-state index in [0.29, 0.717) is 23.1 Å². The highest BCUT2D eigenvalue weighted by Gasteiger charge is 2.34. The highest BCUT2D eigenvalue weighted by atomic mass is 19.4. The Morgan fingerprint density at radius 2 is 1.56 bits per heavy atom. The highest BCUT2D eigenvalue weighted by molar-refractivity contribution is 6.36. The number of hydrogen-bond acceptors (Lipinski definition) is 8. The summed E-state index contributed by atoms with van der Waals surface area (Å²) in [7, 11) is 5.88. The highest BCUT2D eigenvalue weighted by Crippen LogP contribution is 2.33. The molecule has 0 amide bonds. The molecule has 0 saturated heterocycles. The van der Waals surface area contributed by atoms with Crippen LogP contribution in [0.3, 0.4) is 0 Å². The summed E-state index contributed by atoms with van der Waals surface area (Å²) in [5.74, 6) is 0. The third-order valence-corrected chi connectivity index (χ3v) is 4.76. The number of rotatable bonds is 9. The summed E-state index contributed by atoms with van der Waals surface area (Å²) in [6.45, 7) is 4.68. The lowest BCUT2D eigenvalue weighted by Crippen LogP contribution is -2.14. The van der Waals surface area contributed by atoms with Gasteiger partial charge in [-0.2, -0.15) is 13.2 Å². The first-order chi connectivity index (χ1) is 17.0. The predicted molar refractivity (Wildman–Crippen MR) is 131 cm³/mol. The Balaban J connectivity index is 0.00000205. The number of alkyl halides is 3. The number of oxime groups is 3. The summed E-state index contributed by atoms with van der Waals surface area (Å²) in [6, 6.07) is 9.01. The number of aldehydes is 1. The van der Waals surface area contributed by atoms with Crippen LogP contribution >= 0.6 is 0 Å². The Morgan fingerprint density at radius 3 is 2.11 bits per heavy atom. The van der Waals surface area contributed by atoms with Gasteiger partial charge < -0.3 is 19.2 Å². The zero-order valence-corrected chi connectivity index (χ0v) is 21.3. The Kier molecular flexibility index (Phi) is 12.3. The van der Waals surface area contributed by atoms with Crippen LogP contribution in [0.25, 0.3) is 0 Å². The molecule has 0 bridgehead atoms. The van der Waals surface area contributed by atoms with Gasteiger partial charge in [-0.25, -0.2) is 0 Å². The third kappa shape index (κ3) is 8.49. The fourth-order valence-corrected chi connectivity index (χ4v) is 3.12. The van der Waals surface area contributed by atoms with Crippen LogP contribution in [-0.2, 0) is 36.8 Å². The maximum atomic E-state index is 13.7. The van der Waals surface area contributed by atoms with E-state index in [1.165, 1.54) is 33.3 Å². The van der Waals surface area contributed by atoms with Crippen LogP contribution in [0.4, 0.5) is 13.2 Å². The van der Waals surface area contributed by atoms with Crippen LogP contribution in [0.1, 0.15) is 47.2 Å². The SMILES string of the molecule is CO/N=C(/C)c1ccc(/C(C)=N/OCc2c(C)cccc2/C(C=O)=N\OC)c(C(F)(F)F)c1.COC. The van der Waals surface area contributed by atoms with Crippen LogP contribution in [0.15, 0.2) is 51.9 Å². The van der Waals surface area contributed by atoms with E-state index in [1.54, 1.807) is 46.3 Å². The van der Waals surface area contributed by atoms with E-state index < -0.39 is 11.7 Å². The number of carbonyl (C=O) groups is 1. The summed E-state index contributed by atoms with van der Waals surface area (Å²) in [4.78, 5) is 26.1. The Hall–Kier alpha value is -3.73. The lowest BCUT2D eigenvalue weighted by molar-refractivity contribution is -0.137. The van der Waals surface area contributed by atoms with Gasteiger partial charge in [0, 0.05) is 30.9 Å². The van der Waals surface area contributed by atoms with E-state index in [0.717, 1.165) is 11.6 Å². The van der Waals surface area contributed by atoms with Crippen molar-refractivity contribution in [2.75, 3.05) is 28.4 Å². The second-order valence-corrected chi connectivity index (χ2v) is 7.35. The molecule has 0 fully saturated rings. The predicted octanol–water partition coefficient (Wildman–Crippen LogP) is 5.14. The van der Waals surface area contributed by atoms with Gasteiger partial charge in [0.1, 0.15) is 26.5 Å². The Labute approximate surface area is 208 Å². The first kappa shape index (κ1) is 30.3. The molecule has 2 aromatic carbocycles. The van der Waals surface area contributed by atoms with Crippen molar-refractivity contribution < 1.29 is 37.2 Å². The van der Waals surface area contributed by atoms with E-state index in [2.05, 4.69) is 25.0 Å². The molecule has 0 unspecified atom stereocenters. The van der Waals surface area contributed by atoms with Gasteiger partial charge in [0.05, 0.1) is 17.0 Å². The molecule has 2 rings (SSSR count). The molecule has 0 aromatic heterocycles. The largest absolute Gasteiger partial charge is 0.417 e. The maximum absolute atomic E-state index is 13.7. The molecular formula is C25H30F3N3O5. The van der Waals surface area contributed by atoms with Gasteiger partial charge in [-0.3, -0.25) is 4.79 Å². The summed E-state index contributed by atoms with van der Waals surface area (Å²) in [5.41, 5.74) is 1.54. The molecule has 2 aromatic rings. The van der Waals surface area contributed by atoms with Crippen LogP contribution in [-0.4, -0.2) is 51.9 Å². The minimum absolute atomic E-state index is 0.0338. The van der Waals surface area contributed by atoms with Crippen molar-refractivity contribution in [3.05, 3.63) is 69.8 Å². The first-order valence-electron chi connectivity index (χ1n) is 10.6. The smallest absolute Gasteiger partial charge is 0.399 e. The molecule has 8 nitrogen and oxygen atoms in total. The standard InChI is InChI=1S/C23H24F3N3O4.C2H6O/c1-14-7-6-8-19(22(12-30)29-32-5)20(14)13-33-28-16(3)18-10-9-17(15(2)27-31-4)11-21(18)23(24,25)26;1-3-2/h6-12H,13H2,1-5H3;1-2H3/b27-15-,28-16+,29-22-;. The lowest BCUT2D eigenvalue weighted by Gasteiger charge is -2.15. The van der Waals surface area contributed by atoms with E-state index in [-0.39, 0.29) is 29.2 Å². The number of methoxy groups -OCH3 is 1. The summed E-state index contributed by atoms with van der Waals surface area (Å²) >= 11 is 0. The molecule has 0 spiro atoms. The molecule has 36 heavy (non-hydrogen) atoms. The number of aryl methyl sites for hydroxylation is 1. The molecule has 0 aliphatic carbocycles. The zero-order valence-electron chi connectivity index (χ0n) is 21.3. The van der Waals surface area contributed by atoms with Crippen LogP contribution in [0.2, 0.25) is 0 Å². The topological polar surface area (TPSA) is 91.1 Å². The van der Waals surface area contributed by atoms with Gasteiger partial charge in [0.15, 0.2) is 6.29 Å². The average Bonchev–Trinajstić information content (AvgIpc) is 2.83. The molecule has 0 aliphatic rings. The second-order valence-electron chi connectivity index (χ2n) is 7.35. The van der Waals surface area contributed by atoms with Crippen molar-refractivity contribution in [3.63, 3.8) is 0 Å². The number of halogens is 3.